The summed E-state index contributed by atoms with van der Waals surface area (Å²) in [5, 5.41) is 0.738. The van der Waals surface area contributed by atoms with Crippen molar-refractivity contribution in [3.63, 3.8) is 0 Å². The molecule has 1 amide bonds. The number of alkyl halides is 3. The van der Waals surface area contributed by atoms with Crippen molar-refractivity contribution in [2.45, 2.75) is 30.3 Å². The van der Waals surface area contributed by atoms with E-state index in [0.29, 0.717) is 48.4 Å². The Bertz CT molecular complexity index is 1660. The minimum atomic E-state index is -4.45. The van der Waals surface area contributed by atoms with E-state index in [4.69, 9.17) is 0 Å². The van der Waals surface area contributed by atoms with Gasteiger partial charge in [-0.2, -0.15) is 13.2 Å². The van der Waals surface area contributed by atoms with Crippen LogP contribution < -0.4 is 0 Å². The van der Waals surface area contributed by atoms with Gasteiger partial charge in [0.15, 0.2) is 9.84 Å². The van der Waals surface area contributed by atoms with Gasteiger partial charge >= 0.3 is 6.18 Å². The van der Waals surface area contributed by atoms with Crippen LogP contribution in [0.3, 0.4) is 0 Å². The van der Waals surface area contributed by atoms with Crippen molar-refractivity contribution in [1.29, 1.82) is 0 Å². The first-order valence-corrected chi connectivity index (χ1v) is 14.4. The highest BCUT2D eigenvalue weighted by atomic mass is 32.2. The van der Waals surface area contributed by atoms with Crippen LogP contribution >= 0.6 is 0 Å². The number of fused-ring (bicyclic) bond motifs is 1. The van der Waals surface area contributed by atoms with E-state index in [1.54, 1.807) is 54.4 Å². The van der Waals surface area contributed by atoms with Crippen LogP contribution in [-0.4, -0.2) is 60.3 Å². The molecule has 208 valence electrons. The molecule has 2 aromatic carbocycles. The Morgan fingerprint density at radius 3 is 2.42 bits per heavy atom. The molecule has 0 saturated carbocycles. The summed E-state index contributed by atoms with van der Waals surface area (Å²) in [6.45, 7) is 3.44. The fourth-order valence-electron chi connectivity index (χ4n) is 4.96. The Hall–Kier alpha value is -3.83. The number of hydrogen-bond donors (Lipinski definition) is 0. The van der Waals surface area contributed by atoms with Gasteiger partial charge in [0.2, 0.25) is 0 Å². The predicted molar refractivity (Wildman–Crippen MR) is 144 cm³/mol. The number of aromatic nitrogens is 2. The number of nitrogens with zero attached hydrogens (tertiary/aromatic N) is 4. The standard InChI is InChI=1S/C29H27F3N4O3S/c1-20-16-22(7-8-23(20)19-40(38,39)26-6-2-4-21-5-3-10-34-27(21)26)28(37)36-14-12-35(13-15-36)18-24-17-33-11-9-25(24)29(30,31)32/h2-11,16-17H,12-15,18-19H2,1H3. The number of aryl methyl sites for hydroxylation is 1. The number of halogens is 3. The number of carbonyl (C=O) groups excluding carboxylic acids is 1. The number of pyridine rings is 2. The summed E-state index contributed by atoms with van der Waals surface area (Å²) in [7, 11) is -3.70. The first kappa shape index (κ1) is 27.7. The van der Waals surface area contributed by atoms with E-state index < -0.39 is 21.6 Å². The number of benzene rings is 2. The third-order valence-electron chi connectivity index (χ3n) is 7.13. The summed E-state index contributed by atoms with van der Waals surface area (Å²) in [5.74, 6) is -0.427. The number of carbonyl (C=O) groups is 1. The molecule has 0 bridgehead atoms. The molecule has 2 aromatic heterocycles. The molecular formula is C29H27F3N4O3S. The maximum Gasteiger partial charge on any atom is 0.416 e. The molecule has 1 aliphatic heterocycles. The summed E-state index contributed by atoms with van der Waals surface area (Å²) >= 11 is 0. The fraction of sp³-hybridized carbons (Fsp3) is 0.276. The molecule has 0 atom stereocenters. The van der Waals surface area contributed by atoms with Gasteiger partial charge in [0.05, 0.1) is 21.7 Å². The molecule has 4 aromatic rings. The summed E-state index contributed by atoms with van der Waals surface area (Å²) in [5.41, 5.74) is 1.53. The number of piperazine rings is 1. The Kier molecular flexibility index (Phi) is 7.61. The van der Waals surface area contributed by atoms with Crippen LogP contribution in [0.2, 0.25) is 0 Å². The van der Waals surface area contributed by atoms with E-state index >= 15 is 0 Å². The molecule has 11 heteroatoms. The average molecular weight is 569 g/mol. The summed E-state index contributed by atoms with van der Waals surface area (Å²) in [6, 6.07) is 14.6. The molecule has 1 saturated heterocycles. The summed E-state index contributed by atoms with van der Waals surface area (Å²) in [6.07, 6.45) is -0.523. The quantitative estimate of drug-likeness (QED) is 0.330. The number of rotatable bonds is 6. The highest BCUT2D eigenvalue weighted by molar-refractivity contribution is 7.90. The molecule has 5 rings (SSSR count). The highest BCUT2D eigenvalue weighted by Crippen LogP contribution is 2.32. The topological polar surface area (TPSA) is 83.5 Å². The number of hydrogen-bond acceptors (Lipinski definition) is 6. The van der Waals surface area contributed by atoms with Crippen LogP contribution in [0.4, 0.5) is 13.2 Å². The van der Waals surface area contributed by atoms with Gasteiger partial charge in [-0.05, 0) is 53.9 Å². The van der Waals surface area contributed by atoms with Gasteiger partial charge in [-0.15, -0.1) is 0 Å². The van der Waals surface area contributed by atoms with Crippen molar-refractivity contribution >= 4 is 26.6 Å². The van der Waals surface area contributed by atoms with E-state index in [1.807, 2.05) is 17.0 Å². The van der Waals surface area contributed by atoms with Gasteiger partial charge in [0.1, 0.15) is 0 Å². The van der Waals surface area contributed by atoms with Gasteiger partial charge in [0, 0.05) is 62.3 Å². The maximum atomic E-state index is 13.3. The van der Waals surface area contributed by atoms with Crippen LogP contribution in [-0.2, 0) is 28.3 Å². The molecule has 1 fully saturated rings. The normalized spacial score (nSPS) is 14.9. The van der Waals surface area contributed by atoms with Gasteiger partial charge in [-0.3, -0.25) is 19.7 Å². The predicted octanol–water partition coefficient (Wildman–Crippen LogP) is 4.89. The second-order valence-corrected chi connectivity index (χ2v) is 11.8. The minimum Gasteiger partial charge on any atom is -0.336 e. The smallest absolute Gasteiger partial charge is 0.336 e. The van der Waals surface area contributed by atoms with Gasteiger partial charge in [-0.25, -0.2) is 8.42 Å². The van der Waals surface area contributed by atoms with Crippen LogP contribution in [0.25, 0.3) is 10.9 Å². The molecule has 0 aliphatic carbocycles. The Morgan fingerprint density at radius 1 is 0.950 bits per heavy atom. The lowest BCUT2D eigenvalue weighted by atomic mass is 10.0. The molecule has 1 aliphatic rings. The Balaban J connectivity index is 1.25. The number of para-hydroxylation sites is 1. The second kappa shape index (κ2) is 11.0. The van der Waals surface area contributed by atoms with Crippen molar-refractivity contribution in [1.82, 2.24) is 19.8 Å². The minimum absolute atomic E-state index is 0.0964. The molecule has 40 heavy (non-hydrogen) atoms. The summed E-state index contributed by atoms with van der Waals surface area (Å²) in [4.78, 5) is 25.0. The number of amides is 1. The molecule has 0 spiro atoms. The van der Waals surface area contributed by atoms with Crippen molar-refractivity contribution < 1.29 is 26.4 Å². The Morgan fingerprint density at radius 2 is 1.70 bits per heavy atom. The summed E-state index contributed by atoms with van der Waals surface area (Å²) < 4.78 is 66.5. The van der Waals surface area contributed by atoms with E-state index in [0.717, 1.165) is 17.6 Å². The second-order valence-electron chi connectivity index (χ2n) is 9.83. The zero-order valence-corrected chi connectivity index (χ0v) is 22.5. The van der Waals surface area contributed by atoms with Crippen LogP contribution in [0, 0.1) is 6.92 Å². The molecule has 3 heterocycles. The lowest BCUT2D eigenvalue weighted by Crippen LogP contribution is -2.48. The average Bonchev–Trinajstić information content (AvgIpc) is 2.93. The van der Waals surface area contributed by atoms with Gasteiger partial charge in [0.25, 0.3) is 5.91 Å². The third kappa shape index (κ3) is 5.85. The van der Waals surface area contributed by atoms with Crippen molar-refractivity contribution in [3.05, 3.63) is 101 Å². The molecule has 0 unspecified atom stereocenters. The molecule has 0 N–H and O–H groups in total. The lowest BCUT2D eigenvalue weighted by Gasteiger charge is -2.35. The van der Waals surface area contributed by atoms with E-state index in [-0.39, 0.29) is 28.7 Å². The SMILES string of the molecule is Cc1cc(C(=O)N2CCN(Cc3cnccc3C(F)(F)F)CC2)ccc1CS(=O)(=O)c1cccc2cccnc12. The first-order valence-electron chi connectivity index (χ1n) is 12.7. The first-order chi connectivity index (χ1) is 19.0. The van der Waals surface area contributed by atoms with E-state index in [9.17, 15) is 26.4 Å². The van der Waals surface area contributed by atoms with Gasteiger partial charge < -0.3 is 4.90 Å². The Labute approximate surface area is 230 Å². The highest BCUT2D eigenvalue weighted by Gasteiger charge is 2.34. The van der Waals surface area contributed by atoms with Crippen molar-refractivity contribution in [3.8, 4) is 0 Å². The third-order valence-corrected chi connectivity index (χ3v) is 8.82. The largest absolute Gasteiger partial charge is 0.416 e. The molecular weight excluding hydrogens is 541 g/mol. The zero-order valence-electron chi connectivity index (χ0n) is 21.7. The number of sulfone groups is 1. The monoisotopic (exact) mass is 568 g/mol. The van der Waals surface area contributed by atoms with Crippen LogP contribution in [0.15, 0.2) is 78.1 Å². The fourth-order valence-corrected chi connectivity index (χ4v) is 6.60. The van der Waals surface area contributed by atoms with Crippen LogP contribution in [0.1, 0.15) is 32.6 Å². The van der Waals surface area contributed by atoms with Crippen molar-refractivity contribution in [2.75, 3.05) is 26.2 Å². The van der Waals surface area contributed by atoms with Crippen molar-refractivity contribution in [2.24, 2.45) is 0 Å². The lowest BCUT2D eigenvalue weighted by molar-refractivity contribution is -0.138. The van der Waals surface area contributed by atoms with E-state index in [2.05, 4.69) is 9.97 Å². The zero-order chi connectivity index (χ0) is 28.5. The molecule has 7 nitrogen and oxygen atoms in total. The molecule has 0 radical (unpaired) electrons. The maximum absolute atomic E-state index is 13.3. The van der Waals surface area contributed by atoms with Crippen LogP contribution in [0.5, 0.6) is 0 Å². The van der Waals surface area contributed by atoms with Gasteiger partial charge in [-0.1, -0.05) is 24.3 Å². The van der Waals surface area contributed by atoms with E-state index in [1.165, 1.54) is 6.20 Å².